The van der Waals surface area contributed by atoms with Gasteiger partial charge in [0.25, 0.3) is 0 Å². The molecule has 1 amide bonds. The molecule has 4 rings (SSSR count). The number of amides is 1. The number of aromatic nitrogens is 2. The van der Waals surface area contributed by atoms with E-state index in [-0.39, 0.29) is 11.9 Å². The molecule has 0 saturated carbocycles. The molecule has 6 nitrogen and oxygen atoms in total. The summed E-state index contributed by atoms with van der Waals surface area (Å²) < 4.78 is 7.18. The number of nitrogens with zero attached hydrogens (tertiary/aromatic N) is 3. The summed E-state index contributed by atoms with van der Waals surface area (Å²) in [7, 11) is 1.62. The van der Waals surface area contributed by atoms with Crippen molar-refractivity contribution in [2.45, 2.75) is 12.5 Å². The molecule has 1 atom stereocenters. The van der Waals surface area contributed by atoms with Gasteiger partial charge >= 0.3 is 0 Å². The number of methoxy groups -OCH3 is 1. The Morgan fingerprint density at radius 3 is 2.69 bits per heavy atom. The number of carbonyl (C=O) groups excluding carboxylic acids is 1. The maximum atomic E-state index is 12.8. The molecule has 0 bridgehead atoms. The van der Waals surface area contributed by atoms with Crippen LogP contribution in [0, 0.1) is 0 Å². The summed E-state index contributed by atoms with van der Waals surface area (Å²) >= 11 is 0. The second-order valence-electron chi connectivity index (χ2n) is 6.16. The van der Waals surface area contributed by atoms with Gasteiger partial charge in [-0.1, -0.05) is 30.3 Å². The molecule has 0 aliphatic carbocycles. The van der Waals surface area contributed by atoms with Crippen molar-refractivity contribution < 1.29 is 9.53 Å². The maximum Gasteiger partial charge on any atom is 0.249 e. The van der Waals surface area contributed by atoms with Gasteiger partial charge < -0.3 is 15.0 Å². The number of para-hydroxylation sites is 3. The van der Waals surface area contributed by atoms with Gasteiger partial charge in [-0.3, -0.25) is 4.79 Å². The number of benzene rings is 2. The predicted octanol–water partition coefficient (Wildman–Crippen LogP) is 3.10. The summed E-state index contributed by atoms with van der Waals surface area (Å²) in [5.41, 5.74) is 2.62. The highest BCUT2D eigenvalue weighted by molar-refractivity contribution is 6.02. The van der Waals surface area contributed by atoms with E-state index in [1.54, 1.807) is 22.9 Å². The van der Waals surface area contributed by atoms with Crippen LogP contribution in [0.25, 0.3) is 5.69 Å². The van der Waals surface area contributed by atoms with Crippen LogP contribution in [-0.4, -0.2) is 35.4 Å². The van der Waals surface area contributed by atoms with E-state index in [0.29, 0.717) is 12.3 Å². The number of anilines is 2. The van der Waals surface area contributed by atoms with Crippen LogP contribution >= 0.6 is 0 Å². The Bertz CT molecular complexity index is 907. The van der Waals surface area contributed by atoms with Gasteiger partial charge in [0.15, 0.2) is 0 Å². The number of rotatable bonds is 5. The average Bonchev–Trinajstić information content (AvgIpc) is 3.30. The van der Waals surface area contributed by atoms with Crippen molar-refractivity contribution in [1.29, 1.82) is 0 Å². The molecule has 0 radical (unpaired) electrons. The molecule has 2 heterocycles. The molecule has 1 unspecified atom stereocenters. The molecule has 6 heteroatoms. The summed E-state index contributed by atoms with van der Waals surface area (Å²) in [5, 5.41) is 7.67. The van der Waals surface area contributed by atoms with Gasteiger partial charge in [-0.2, -0.15) is 5.10 Å². The molecule has 1 saturated heterocycles. The van der Waals surface area contributed by atoms with Crippen molar-refractivity contribution in [2.75, 3.05) is 23.9 Å². The molecule has 0 spiro atoms. The van der Waals surface area contributed by atoms with E-state index >= 15 is 0 Å². The second-order valence-corrected chi connectivity index (χ2v) is 6.16. The highest BCUT2D eigenvalue weighted by atomic mass is 16.5. The summed E-state index contributed by atoms with van der Waals surface area (Å²) in [6.45, 7) is 0.656. The van der Waals surface area contributed by atoms with Crippen LogP contribution in [0.2, 0.25) is 0 Å². The molecule has 1 aromatic heterocycles. The fraction of sp³-hybridized carbons (Fsp3) is 0.200. The number of ether oxygens (including phenoxy) is 1. The Morgan fingerprint density at radius 1 is 1.12 bits per heavy atom. The molecule has 2 aromatic carbocycles. The van der Waals surface area contributed by atoms with Crippen LogP contribution in [-0.2, 0) is 4.79 Å². The molecular weight excluding hydrogens is 328 g/mol. The number of hydrogen-bond donors (Lipinski definition) is 1. The molecular formula is C20H20N4O2. The van der Waals surface area contributed by atoms with Gasteiger partial charge in [0.1, 0.15) is 11.8 Å². The fourth-order valence-corrected chi connectivity index (χ4v) is 3.23. The lowest BCUT2D eigenvalue weighted by Crippen LogP contribution is -2.33. The largest absolute Gasteiger partial charge is 0.495 e. The Morgan fingerprint density at radius 2 is 1.88 bits per heavy atom. The monoisotopic (exact) mass is 348 g/mol. The average molecular weight is 348 g/mol. The van der Waals surface area contributed by atoms with E-state index in [9.17, 15) is 4.79 Å². The molecule has 132 valence electrons. The zero-order valence-electron chi connectivity index (χ0n) is 14.5. The molecule has 26 heavy (non-hydrogen) atoms. The minimum atomic E-state index is -0.270. The highest BCUT2D eigenvalue weighted by Gasteiger charge is 2.34. The van der Waals surface area contributed by atoms with E-state index in [1.165, 1.54) is 0 Å². The zero-order valence-corrected chi connectivity index (χ0v) is 14.5. The van der Waals surface area contributed by atoms with Crippen molar-refractivity contribution in [3.8, 4) is 11.4 Å². The Kier molecular flexibility index (Phi) is 4.31. The van der Waals surface area contributed by atoms with Crippen molar-refractivity contribution in [3.05, 3.63) is 67.0 Å². The fourth-order valence-electron chi connectivity index (χ4n) is 3.23. The smallest absolute Gasteiger partial charge is 0.249 e. The first-order valence-electron chi connectivity index (χ1n) is 8.57. The lowest BCUT2D eigenvalue weighted by Gasteiger charge is -2.19. The van der Waals surface area contributed by atoms with Gasteiger partial charge in [0.05, 0.1) is 36.6 Å². The topological polar surface area (TPSA) is 59.4 Å². The van der Waals surface area contributed by atoms with Crippen LogP contribution in [0.4, 0.5) is 11.4 Å². The molecule has 3 aromatic rings. The van der Waals surface area contributed by atoms with Crippen molar-refractivity contribution in [2.24, 2.45) is 0 Å². The van der Waals surface area contributed by atoms with E-state index in [4.69, 9.17) is 4.74 Å². The first-order chi connectivity index (χ1) is 12.8. The van der Waals surface area contributed by atoms with E-state index in [1.807, 2.05) is 60.8 Å². The quantitative estimate of drug-likeness (QED) is 0.770. The van der Waals surface area contributed by atoms with E-state index in [0.717, 1.165) is 23.5 Å². The second kappa shape index (κ2) is 6.92. The lowest BCUT2D eigenvalue weighted by molar-refractivity contribution is -0.117. The molecule has 1 aliphatic heterocycles. The summed E-state index contributed by atoms with van der Waals surface area (Å²) in [4.78, 5) is 14.6. The SMILES string of the molecule is COc1ccccc1N1CCC(Nc2cnn(-c3ccccc3)c2)C1=O. The summed E-state index contributed by atoms with van der Waals surface area (Å²) in [6.07, 6.45) is 4.37. The number of nitrogens with one attached hydrogen (secondary N) is 1. The molecule has 1 aliphatic rings. The van der Waals surface area contributed by atoms with Gasteiger partial charge in [0.2, 0.25) is 5.91 Å². The number of hydrogen-bond acceptors (Lipinski definition) is 4. The third-order valence-electron chi connectivity index (χ3n) is 4.53. The van der Waals surface area contributed by atoms with Crippen LogP contribution in [0.3, 0.4) is 0 Å². The normalized spacial score (nSPS) is 16.7. The summed E-state index contributed by atoms with van der Waals surface area (Å²) in [6, 6.07) is 17.2. The Hall–Kier alpha value is -3.28. The Balaban J connectivity index is 1.49. The maximum absolute atomic E-state index is 12.8. The van der Waals surface area contributed by atoms with Crippen LogP contribution < -0.4 is 15.0 Å². The minimum absolute atomic E-state index is 0.0435. The van der Waals surface area contributed by atoms with Crippen LogP contribution in [0.15, 0.2) is 67.0 Å². The third-order valence-corrected chi connectivity index (χ3v) is 4.53. The summed E-state index contributed by atoms with van der Waals surface area (Å²) in [5.74, 6) is 0.750. The van der Waals surface area contributed by atoms with Crippen molar-refractivity contribution in [3.63, 3.8) is 0 Å². The first kappa shape index (κ1) is 16.2. The van der Waals surface area contributed by atoms with Gasteiger partial charge in [-0.25, -0.2) is 4.68 Å². The number of carbonyl (C=O) groups is 1. The Labute approximate surface area is 152 Å². The third kappa shape index (κ3) is 3.01. The standard InChI is InChI=1S/C20H20N4O2/c1-26-19-10-6-5-9-18(19)23-12-11-17(20(23)25)22-15-13-21-24(14-15)16-7-3-2-4-8-16/h2-10,13-14,17,22H,11-12H2,1H3. The predicted molar refractivity (Wildman–Crippen MR) is 101 cm³/mol. The molecule has 1 fully saturated rings. The zero-order chi connectivity index (χ0) is 17.9. The molecule has 1 N–H and O–H groups in total. The lowest BCUT2D eigenvalue weighted by atomic mass is 10.2. The van der Waals surface area contributed by atoms with Gasteiger partial charge in [-0.05, 0) is 30.7 Å². The highest BCUT2D eigenvalue weighted by Crippen LogP contribution is 2.31. The van der Waals surface area contributed by atoms with Gasteiger partial charge in [0, 0.05) is 6.54 Å². The van der Waals surface area contributed by atoms with Crippen molar-refractivity contribution >= 4 is 17.3 Å². The van der Waals surface area contributed by atoms with Crippen LogP contribution in [0.1, 0.15) is 6.42 Å². The van der Waals surface area contributed by atoms with Crippen LogP contribution in [0.5, 0.6) is 5.75 Å². The first-order valence-corrected chi connectivity index (χ1v) is 8.57. The van der Waals surface area contributed by atoms with E-state index in [2.05, 4.69) is 10.4 Å². The van der Waals surface area contributed by atoms with Gasteiger partial charge in [-0.15, -0.1) is 0 Å². The van der Waals surface area contributed by atoms with E-state index < -0.39 is 0 Å². The van der Waals surface area contributed by atoms with Crippen molar-refractivity contribution in [1.82, 2.24) is 9.78 Å². The minimum Gasteiger partial charge on any atom is -0.495 e.